The molecule has 0 aliphatic carbocycles. The molecule has 0 amide bonds. The molecule has 0 bridgehead atoms. The second-order valence-electron chi connectivity index (χ2n) is 2.73. The van der Waals surface area contributed by atoms with Crippen molar-refractivity contribution in [1.82, 2.24) is 0 Å². The van der Waals surface area contributed by atoms with E-state index in [4.69, 9.17) is 0 Å². The molecule has 0 saturated carbocycles. The summed E-state index contributed by atoms with van der Waals surface area (Å²) >= 11 is 0. The van der Waals surface area contributed by atoms with E-state index < -0.39 is 0 Å². The summed E-state index contributed by atoms with van der Waals surface area (Å²) in [6, 6.07) is 20.8. The highest BCUT2D eigenvalue weighted by atomic mass is 32.1. The lowest BCUT2D eigenvalue weighted by Crippen LogP contribution is -1.73. The summed E-state index contributed by atoms with van der Waals surface area (Å²) in [5, 5.41) is 0. The Hall–Kier alpha value is -0.160. The van der Waals surface area contributed by atoms with E-state index in [9.17, 15) is 0 Å². The molecule has 0 aliphatic rings. The average Bonchev–Trinajstić information content (AvgIpc) is 2.21. The van der Waals surface area contributed by atoms with E-state index in [-0.39, 0.29) is 54.0 Å². The topological polar surface area (TPSA) is 0 Å². The summed E-state index contributed by atoms with van der Waals surface area (Å²) in [6.45, 7) is 0. The van der Waals surface area contributed by atoms with Gasteiger partial charge in [-0.05, 0) is 11.1 Å². The highest BCUT2D eigenvalue weighted by molar-refractivity contribution is 7.59. The van der Waals surface area contributed by atoms with Crippen molar-refractivity contribution >= 4 is 54.0 Å². The molecule has 0 saturated heterocycles. The van der Waals surface area contributed by atoms with Crippen molar-refractivity contribution in [3.05, 3.63) is 60.7 Å². The Morgan fingerprint density at radius 2 is 0.625 bits per heavy atom. The van der Waals surface area contributed by atoms with Gasteiger partial charge in [-0.3, -0.25) is 0 Å². The van der Waals surface area contributed by atoms with Crippen LogP contribution in [-0.4, -0.2) is 0 Å². The smallest absolute Gasteiger partial charge is 0.0184 e. The summed E-state index contributed by atoms with van der Waals surface area (Å²) in [5.41, 5.74) is 2.55. The molecular weight excluding hydrogens is 272 g/mol. The molecule has 0 unspecified atom stereocenters. The molecule has 0 radical (unpaired) electrons. The first-order valence-corrected chi connectivity index (χ1v) is 4.07. The molecule has 0 aliphatic heterocycles. The Morgan fingerprint density at radius 1 is 0.375 bits per heavy atom. The second kappa shape index (κ2) is 11.3. The van der Waals surface area contributed by atoms with E-state index in [0.29, 0.717) is 0 Å². The van der Waals surface area contributed by atoms with Crippen molar-refractivity contribution in [2.24, 2.45) is 0 Å². The molecule has 0 heterocycles. The normalized spacial score (nSPS) is 7.25. The third kappa shape index (κ3) is 5.80. The van der Waals surface area contributed by atoms with Crippen LogP contribution in [0.15, 0.2) is 60.7 Å². The average molecular weight is 291 g/mol. The molecule has 0 fully saturated rings. The lowest BCUT2D eigenvalue weighted by molar-refractivity contribution is 1.62. The Labute approximate surface area is 125 Å². The summed E-state index contributed by atoms with van der Waals surface area (Å²) in [4.78, 5) is 0. The van der Waals surface area contributed by atoms with E-state index in [0.717, 1.165) is 0 Å². The lowest BCUT2D eigenvalue weighted by Gasteiger charge is -1.98. The van der Waals surface area contributed by atoms with Gasteiger partial charge in [0.1, 0.15) is 0 Å². The molecule has 16 heavy (non-hydrogen) atoms. The number of hydrogen-bond acceptors (Lipinski definition) is 0. The molecule has 0 nitrogen and oxygen atoms in total. The Kier molecular flexibility index (Phi) is 15.0. The van der Waals surface area contributed by atoms with Crippen molar-refractivity contribution in [1.29, 1.82) is 0 Å². The minimum absolute atomic E-state index is 0. The fraction of sp³-hybridized carbons (Fsp3) is 0. The van der Waals surface area contributed by atoms with Crippen LogP contribution in [0.5, 0.6) is 0 Å². The van der Waals surface area contributed by atoms with E-state index in [1.54, 1.807) is 0 Å². The molecule has 2 rings (SSSR count). The van der Waals surface area contributed by atoms with Gasteiger partial charge in [0.05, 0.1) is 0 Å². The molecule has 0 spiro atoms. The van der Waals surface area contributed by atoms with Crippen molar-refractivity contribution in [3.8, 4) is 11.1 Å². The summed E-state index contributed by atoms with van der Waals surface area (Å²) in [5.74, 6) is 0. The van der Waals surface area contributed by atoms with Gasteiger partial charge >= 0.3 is 0 Å². The zero-order chi connectivity index (χ0) is 8.23. The standard InChI is InChI=1S/C12H10.4H2S/c1-3-7-11(8-4-1)12-9-5-2-6-10-12;;;;/h1-10H;4*1H2. The first-order valence-electron chi connectivity index (χ1n) is 4.07. The maximum absolute atomic E-state index is 2.12. The van der Waals surface area contributed by atoms with Crippen LogP contribution in [0.1, 0.15) is 0 Å². The first-order chi connectivity index (χ1) is 5.97. The van der Waals surface area contributed by atoms with Gasteiger partial charge in [-0.25, -0.2) is 0 Å². The second-order valence-corrected chi connectivity index (χ2v) is 2.73. The van der Waals surface area contributed by atoms with Crippen LogP contribution >= 0.6 is 54.0 Å². The Morgan fingerprint density at radius 3 is 0.875 bits per heavy atom. The van der Waals surface area contributed by atoms with Gasteiger partial charge in [0.25, 0.3) is 0 Å². The van der Waals surface area contributed by atoms with Gasteiger partial charge in [0, 0.05) is 0 Å². The molecule has 90 valence electrons. The highest BCUT2D eigenvalue weighted by Crippen LogP contribution is 2.17. The maximum Gasteiger partial charge on any atom is -0.0184 e. The van der Waals surface area contributed by atoms with E-state index in [1.807, 2.05) is 12.1 Å². The van der Waals surface area contributed by atoms with Crippen LogP contribution in [0.25, 0.3) is 11.1 Å². The van der Waals surface area contributed by atoms with Crippen molar-refractivity contribution in [3.63, 3.8) is 0 Å². The van der Waals surface area contributed by atoms with Crippen LogP contribution in [-0.2, 0) is 0 Å². The molecule has 2 aromatic carbocycles. The Bertz CT molecular complexity index is 310. The Balaban J connectivity index is -0.000000422. The maximum atomic E-state index is 2.12. The van der Waals surface area contributed by atoms with Crippen molar-refractivity contribution in [2.75, 3.05) is 0 Å². The van der Waals surface area contributed by atoms with Gasteiger partial charge in [0.2, 0.25) is 0 Å². The minimum Gasteiger partial charge on any atom is -0.197 e. The lowest BCUT2D eigenvalue weighted by atomic mass is 10.1. The predicted octanol–water partition coefficient (Wildman–Crippen LogP) is 3.80. The fourth-order valence-corrected chi connectivity index (χ4v) is 1.26. The van der Waals surface area contributed by atoms with Crippen molar-refractivity contribution < 1.29 is 0 Å². The van der Waals surface area contributed by atoms with Crippen LogP contribution in [0.3, 0.4) is 0 Å². The van der Waals surface area contributed by atoms with Gasteiger partial charge in [-0.1, -0.05) is 60.7 Å². The van der Waals surface area contributed by atoms with Gasteiger partial charge in [0.15, 0.2) is 0 Å². The third-order valence-electron chi connectivity index (χ3n) is 1.88. The molecule has 0 atom stereocenters. The largest absolute Gasteiger partial charge is 0.197 e. The summed E-state index contributed by atoms with van der Waals surface area (Å²) in [6.07, 6.45) is 0. The van der Waals surface area contributed by atoms with Crippen molar-refractivity contribution in [2.45, 2.75) is 0 Å². The molecule has 0 N–H and O–H groups in total. The van der Waals surface area contributed by atoms with Crippen LogP contribution in [0.4, 0.5) is 0 Å². The predicted molar refractivity (Wildman–Crippen MR) is 93.4 cm³/mol. The highest BCUT2D eigenvalue weighted by Gasteiger charge is 1.91. The third-order valence-corrected chi connectivity index (χ3v) is 1.88. The summed E-state index contributed by atoms with van der Waals surface area (Å²) in [7, 11) is 0. The SMILES string of the molecule is S.S.S.S.c1ccc(-c2ccccc2)cc1. The summed E-state index contributed by atoms with van der Waals surface area (Å²) < 4.78 is 0. The number of rotatable bonds is 1. The first kappa shape index (κ1) is 21.2. The van der Waals surface area contributed by atoms with Crippen LogP contribution < -0.4 is 0 Å². The quantitative estimate of drug-likeness (QED) is 0.749. The molecule has 4 heteroatoms. The number of hydrogen-bond donors (Lipinski definition) is 0. The zero-order valence-electron chi connectivity index (χ0n) is 8.77. The minimum atomic E-state index is 0. The molecule has 2 aromatic rings. The monoisotopic (exact) mass is 290 g/mol. The van der Waals surface area contributed by atoms with E-state index >= 15 is 0 Å². The van der Waals surface area contributed by atoms with Gasteiger partial charge < -0.3 is 0 Å². The molecular formula is C12H18S4. The van der Waals surface area contributed by atoms with E-state index in [2.05, 4.69) is 48.5 Å². The van der Waals surface area contributed by atoms with Gasteiger partial charge in [-0.15, -0.1) is 0 Å². The fourth-order valence-electron chi connectivity index (χ4n) is 1.26. The van der Waals surface area contributed by atoms with Gasteiger partial charge in [-0.2, -0.15) is 54.0 Å². The van der Waals surface area contributed by atoms with Crippen LogP contribution in [0.2, 0.25) is 0 Å². The molecule has 0 aromatic heterocycles. The van der Waals surface area contributed by atoms with E-state index in [1.165, 1.54) is 11.1 Å². The number of benzene rings is 2. The zero-order valence-corrected chi connectivity index (χ0v) is 12.8. The van der Waals surface area contributed by atoms with Crippen LogP contribution in [0, 0.1) is 0 Å².